The number of benzene rings is 1. The fourth-order valence-corrected chi connectivity index (χ4v) is 1.57. The summed E-state index contributed by atoms with van der Waals surface area (Å²) in [5, 5.41) is 19.6. The highest BCUT2D eigenvalue weighted by Gasteiger charge is 2.20. The molecule has 0 saturated carbocycles. The Morgan fingerprint density at radius 1 is 1.38 bits per heavy atom. The highest BCUT2D eigenvalue weighted by atomic mass is 16.6. The van der Waals surface area contributed by atoms with Crippen LogP contribution in [0.1, 0.15) is 23.2 Å². The van der Waals surface area contributed by atoms with Crippen molar-refractivity contribution in [1.29, 1.82) is 0 Å². The number of ether oxygens (including phenoxy) is 1. The van der Waals surface area contributed by atoms with Gasteiger partial charge in [-0.25, -0.2) is 4.79 Å². The largest absolute Gasteiger partial charge is 0.494 e. The molecule has 0 atom stereocenters. The highest BCUT2D eigenvalue weighted by molar-refractivity contribution is 5.92. The van der Waals surface area contributed by atoms with E-state index in [0.717, 1.165) is 12.1 Å². The van der Waals surface area contributed by atoms with Crippen molar-refractivity contribution in [2.75, 3.05) is 20.7 Å². The monoisotopic (exact) mass is 296 g/mol. The van der Waals surface area contributed by atoms with E-state index < -0.39 is 22.1 Å². The van der Waals surface area contributed by atoms with Gasteiger partial charge in [0.1, 0.15) is 11.3 Å². The summed E-state index contributed by atoms with van der Waals surface area (Å²) < 4.78 is 5.31. The van der Waals surface area contributed by atoms with Gasteiger partial charge in [-0.05, 0) is 12.5 Å². The third-order valence-corrected chi connectivity index (χ3v) is 2.70. The summed E-state index contributed by atoms with van der Waals surface area (Å²) in [6.45, 7) is 0.219. The molecule has 0 unspecified atom stereocenters. The molecule has 8 heteroatoms. The fraction of sp³-hybridized carbons (Fsp3) is 0.385. The molecule has 0 bridgehead atoms. The predicted octanol–water partition coefficient (Wildman–Crippen LogP) is 1.54. The molecule has 8 nitrogen and oxygen atoms in total. The molecule has 0 aliphatic rings. The van der Waals surface area contributed by atoms with Crippen LogP contribution in [0.2, 0.25) is 0 Å². The van der Waals surface area contributed by atoms with Crippen molar-refractivity contribution in [1.82, 2.24) is 4.90 Å². The van der Waals surface area contributed by atoms with Crippen molar-refractivity contribution in [2.45, 2.75) is 12.8 Å². The minimum absolute atomic E-state index is 0.0338. The number of nitrogens with zero attached hydrogens (tertiary/aromatic N) is 2. The number of hydrogen-bond donors (Lipinski definition) is 1. The number of rotatable bonds is 7. The molecule has 21 heavy (non-hydrogen) atoms. The lowest BCUT2D eigenvalue weighted by Gasteiger charge is -2.10. The van der Waals surface area contributed by atoms with Gasteiger partial charge >= 0.3 is 5.97 Å². The first-order chi connectivity index (χ1) is 9.82. The van der Waals surface area contributed by atoms with Gasteiger partial charge in [0, 0.05) is 32.6 Å². The van der Waals surface area contributed by atoms with Crippen LogP contribution in [0.3, 0.4) is 0 Å². The maximum Gasteiger partial charge on any atom is 0.342 e. The Balaban J connectivity index is 2.65. The van der Waals surface area contributed by atoms with Crippen molar-refractivity contribution in [3.63, 3.8) is 0 Å². The number of hydrogen-bond acceptors (Lipinski definition) is 5. The Hall–Kier alpha value is -2.64. The Labute approximate surface area is 121 Å². The SMILES string of the molecule is CN(C)C(=O)CCCOc1ccc([N+](=O)[O-])c(C(=O)O)c1. The zero-order chi connectivity index (χ0) is 16.0. The van der Waals surface area contributed by atoms with E-state index in [-0.39, 0.29) is 18.3 Å². The lowest BCUT2D eigenvalue weighted by Crippen LogP contribution is -2.21. The minimum Gasteiger partial charge on any atom is -0.494 e. The third-order valence-electron chi connectivity index (χ3n) is 2.70. The number of carbonyl (C=O) groups is 2. The van der Waals surface area contributed by atoms with Crippen LogP contribution in [0.15, 0.2) is 18.2 Å². The Morgan fingerprint density at radius 2 is 2.05 bits per heavy atom. The Bertz CT molecular complexity index is 556. The van der Waals surface area contributed by atoms with E-state index in [4.69, 9.17) is 9.84 Å². The van der Waals surface area contributed by atoms with Gasteiger partial charge in [0.25, 0.3) is 5.69 Å². The second-order valence-electron chi connectivity index (χ2n) is 4.48. The van der Waals surface area contributed by atoms with E-state index in [1.54, 1.807) is 14.1 Å². The summed E-state index contributed by atoms with van der Waals surface area (Å²) in [6.07, 6.45) is 0.780. The molecule has 0 aromatic heterocycles. The van der Waals surface area contributed by atoms with Gasteiger partial charge in [-0.2, -0.15) is 0 Å². The first-order valence-corrected chi connectivity index (χ1v) is 6.17. The van der Waals surface area contributed by atoms with Crippen molar-refractivity contribution in [3.05, 3.63) is 33.9 Å². The Kier molecular flexibility index (Phi) is 5.65. The van der Waals surface area contributed by atoms with Gasteiger partial charge in [0.15, 0.2) is 0 Å². The molecule has 1 amide bonds. The molecule has 1 aromatic rings. The van der Waals surface area contributed by atoms with E-state index >= 15 is 0 Å². The lowest BCUT2D eigenvalue weighted by molar-refractivity contribution is -0.385. The van der Waals surface area contributed by atoms with Crippen molar-refractivity contribution in [2.24, 2.45) is 0 Å². The van der Waals surface area contributed by atoms with Gasteiger partial charge in [-0.15, -0.1) is 0 Å². The summed E-state index contributed by atoms with van der Waals surface area (Å²) in [5.74, 6) is -1.21. The molecular weight excluding hydrogens is 280 g/mol. The van der Waals surface area contributed by atoms with E-state index in [1.807, 2.05) is 0 Å². The van der Waals surface area contributed by atoms with Crippen LogP contribution in [0.25, 0.3) is 0 Å². The summed E-state index contributed by atoms with van der Waals surface area (Å²) in [5.41, 5.74) is -0.917. The number of carbonyl (C=O) groups excluding carboxylic acids is 1. The number of carboxylic acid groups (broad SMARTS) is 1. The van der Waals surface area contributed by atoms with E-state index in [1.165, 1.54) is 11.0 Å². The van der Waals surface area contributed by atoms with Crippen molar-refractivity contribution in [3.8, 4) is 5.75 Å². The van der Waals surface area contributed by atoms with Crippen LogP contribution in [0, 0.1) is 10.1 Å². The molecule has 1 aromatic carbocycles. The summed E-state index contributed by atoms with van der Waals surface area (Å²) in [6, 6.07) is 3.52. The maximum atomic E-state index is 11.3. The van der Waals surface area contributed by atoms with Crippen LogP contribution in [0.4, 0.5) is 5.69 Å². The molecule has 0 saturated heterocycles. The number of carboxylic acids is 1. The standard InChI is InChI=1S/C13H16N2O6/c1-14(2)12(16)4-3-7-21-9-5-6-11(15(19)20)10(8-9)13(17)18/h5-6,8H,3-4,7H2,1-2H3,(H,17,18). The summed E-state index contributed by atoms with van der Waals surface area (Å²) in [4.78, 5) is 33.7. The third kappa shape index (κ3) is 4.75. The molecule has 0 aliphatic heterocycles. The molecule has 1 rings (SSSR count). The first kappa shape index (κ1) is 16.4. The normalized spacial score (nSPS) is 10.0. The van der Waals surface area contributed by atoms with Crippen LogP contribution in [-0.4, -0.2) is 47.5 Å². The summed E-state index contributed by atoms with van der Waals surface area (Å²) in [7, 11) is 3.30. The molecule has 0 aliphatic carbocycles. The molecule has 114 valence electrons. The average molecular weight is 296 g/mol. The second-order valence-corrected chi connectivity index (χ2v) is 4.48. The number of amides is 1. The lowest BCUT2D eigenvalue weighted by atomic mass is 10.1. The Morgan fingerprint density at radius 3 is 2.57 bits per heavy atom. The van der Waals surface area contributed by atoms with Crippen LogP contribution < -0.4 is 4.74 Å². The number of nitro groups is 1. The highest BCUT2D eigenvalue weighted by Crippen LogP contribution is 2.24. The average Bonchev–Trinajstić information content (AvgIpc) is 2.42. The maximum absolute atomic E-state index is 11.3. The fourth-order valence-electron chi connectivity index (χ4n) is 1.57. The van der Waals surface area contributed by atoms with Gasteiger partial charge in [0.05, 0.1) is 11.5 Å². The number of aromatic carboxylic acids is 1. The number of nitro benzene ring substituents is 1. The van der Waals surface area contributed by atoms with Crippen molar-refractivity contribution >= 4 is 17.6 Å². The van der Waals surface area contributed by atoms with Crippen LogP contribution in [-0.2, 0) is 4.79 Å². The van der Waals surface area contributed by atoms with E-state index in [9.17, 15) is 19.7 Å². The molecule has 0 radical (unpaired) electrons. The molecular formula is C13H16N2O6. The van der Waals surface area contributed by atoms with Crippen LogP contribution >= 0.6 is 0 Å². The van der Waals surface area contributed by atoms with Gasteiger partial charge < -0.3 is 14.7 Å². The molecule has 0 fully saturated rings. The van der Waals surface area contributed by atoms with E-state index in [2.05, 4.69) is 0 Å². The van der Waals surface area contributed by atoms with E-state index in [0.29, 0.717) is 12.8 Å². The molecule has 0 spiro atoms. The van der Waals surface area contributed by atoms with Crippen LogP contribution in [0.5, 0.6) is 5.75 Å². The zero-order valence-corrected chi connectivity index (χ0v) is 11.7. The second kappa shape index (κ2) is 7.22. The first-order valence-electron chi connectivity index (χ1n) is 6.17. The predicted molar refractivity (Wildman–Crippen MR) is 73.5 cm³/mol. The quantitative estimate of drug-likeness (QED) is 0.464. The smallest absolute Gasteiger partial charge is 0.342 e. The molecule has 0 heterocycles. The minimum atomic E-state index is -1.39. The summed E-state index contributed by atoms with van der Waals surface area (Å²) >= 11 is 0. The molecule has 1 N–H and O–H groups in total. The van der Waals surface area contributed by atoms with Gasteiger partial charge in [-0.1, -0.05) is 0 Å². The van der Waals surface area contributed by atoms with Gasteiger partial charge in [-0.3, -0.25) is 14.9 Å². The topological polar surface area (TPSA) is 110 Å². The van der Waals surface area contributed by atoms with Gasteiger partial charge in [0.2, 0.25) is 5.91 Å². The zero-order valence-electron chi connectivity index (χ0n) is 11.7. The van der Waals surface area contributed by atoms with Crippen molar-refractivity contribution < 1.29 is 24.4 Å².